The van der Waals surface area contributed by atoms with Crippen LogP contribution in [-0.4, -0.2) is 35.2 Å². The first kappa shape index (κ1) is 26.8. The average molecular weight is 576 g/mol. The number of anilines is 2. The summed E-state index contributed by atoms with van der Waals surface area (Å²) >= 11 is 2.06. The molecule has 0 bridgehead atoms. The first-order chi connectivity index (χ1) is 20.6. The quantitative estimate of drug-likeness (QED) is 0.223. The van der Waals surface area contributed by atoms with Gasteiger partial charge >= 0.3 is 0 Å². The van der Waals surface area contributed by atoms with E-state index < -0.39 is 0 Å². The molecule has 9 heteroatoms. The van der Waals surface area contributed by atoms with E-state index in [9.17, 15) is 4.79 Å². The number of rotatable bonds is 6. The highest BCUT2D eigenvalue weighted by molar-refractivity contribution is 7.99. The number of thioether (sulfide) groups is 1. The molecule has 5 aromatic rings. The molecule has 4 aromatic heterocycles. The Morgan fingerprint density at radius 2 is 1.67 bits per heavy atom. The normalized spacial score (nSPS) is 17.5. The average Bonchev–Trinajstić information content (AvgIpc) is 3.57. The van der Waals surface area contributed by atoms with Gasteiger partial charge in [-0.1, -0.05) is 31.4 Å². The van der Waals surface area contributed by atoms with Crippen LogP contribution in [-0.2, 0) is 0 Å². The van der Waals surface area contributed by atoms with Crippen molar-refractivity contribution >= 4 is 34.4 Å². The number of pyridine rings is 2. The predicted molar refractivity (Wildman–Crippen MR) is 169 cm³/mol. The highest BCUT2D eigenvalue weighted by Gasteiger charge is 2.24. The maximum Gasteiger partial charge on any atom is 0.260 e. The zero-order valence-electron chi connectivity index (χ0n) is 23.7. The summed E-state index contributed by atoms with van der Waals surface area (Å²) in [5.74, 6) is 1.73. The summed E-state index contributed by atoms with van der Waals surface area (Å²) in [4.78, 5) is 36.6. The van der Waals surface area contributed by atoms with Gasteiger partial charge in [-0.05, 0) is 73.8 Å². The Labute approximate surface area is 249 Å². The zero-order chi connectivity index (χ0) is 28.5. The maximum absolute atomic E-state index is 14.2. The number of aryl methyl sites for hydroxylation is 1. The van der Waals surface area contributed by atoms with Gasteiger partial charge in [0.2, 0.25) is 5.95 Å². The van der Waals surface area contributed by atoms with Crippen LogP contribution in [0.25, 0.3) is 33.4 Å². The summed E-state index contributed by atoms with van der Waals surface area (Å²) in [6.07, 6.45) is 16.6. The van der Waals surface area contributed by atoms with Gasteiger partial charge in [0, 0.05) is 63.8 Å². The van der Waals surface area contributed by atoms with Gasteiger partial charge in [0.05, 0.1) is 5.69 Å². The van der Waals surface area contributed by atoms with Gasteiger partial charge in [-0.15, -0.1) is 0 Å². The second kappa shape index (κ2) is 11.6. The number of nitrogens with zero attached hydrogens (tertiary/aromatic N) is 6. The van der Waals surface area contributed by atoms with Crippen molar-refractivity contribution < 1.29 is 0 Å². The SMILES string of the molecule is Cc1cc(-c2cncnc2)ncc1-c1cc2cnc(Nc3ccc(C4CCCCS4)cc3)nc2n(C2CCCC2)c1=O. The number of hydrogen-bond donors (Lipinski definition) is 1. The fraction of sp³-hybridized carbons (Fsp3) is 0.333. The minimum atomic E-state index is -0.0333. The van der Waals surface area contributed by atoms with Crippen LogP contribution < -0.4 is 10.9 Å². The molecule has 1 unspecified atom stereocenters. The van der Waals surface area contributed by atoms with E-state index in [4.69, 9.17) is 4.98 Å². The molecular formula is C33H33N7OS. The Morgan fingerprint density at radius 3 is 2.40 bits per heavy atom. The van der Waals surface area contributed by atoms with Crippen molar-refractivity contribution in [3.63, 3.8) is 0 Å². The summed E-state index contributed by atoms with van der Waals surface area (Å²) in [5, 5.41) is 4.80. The molecule has 1 saturated heterocycles. The highest BCUT2D eigenvalue weighted by Crippen LogP contribution is 2.39. The van der Waals surface area contributed by atoms with Crippen molar-refractivity contribution in [2.45, 2.75) is 63.2 Å². The molecule has 2 fully saturated rings. The van der Waals surface area contributed by atoms with Gasteiger partial charge in [0.1, 0.15) is 12.0 Å². The Kier molecular flexibility index (Phi) is 7.42. The third-order valence-electron chi connectivity index (χ3n) is 8.44. The standard InChI is InChI=1S/C33H33N7OS/c1-21-14-29(24-16-34-20-35-17-24)36-19-28(21)27-15-23-18-37-33(39-31(23)40(32(27)41)26-6-2-3-7-26)38-25-11-9-22(10-12-25)30-8-4-5-13-42-30/h9-12,14-20,26,30H,2-8,13H2,1H3,(H,37,38,39). The van der Waals surface area contributed by atoms with Gasteiger partial charge in [0.25, 0.3) is 5.56 Å². The van der Waals surface area contributed by atoms with E-state index in [0.29, 0.717) is 22.4 Å². The maximum atomic E-state index is 14.2. The van der Waals surface area contributed by atoms with Crippen molar-refractivity contribution in [1.29, 1.82) is 0 Å². The predicted octanol–water partition coefficient (Wildman–Crippen LogP) is 7.44. The van der Waals surface area contributed by atoms with E-state index >= 15 is 0 Å². The van der Waals surface area contributed by atoms with E-state index in [1.807, 2.05) is 29.8 Å². The third kappa shape index (κ3) is 5.29. The number of aromatic nitrogens is 6. The van der Waals surface area contributed by atoms with Gasteiger partial charge in [-0.2, -0.15) is 16.7 Å². The molecule has 1 saturated carbocycles. The van der Waals surface area contributed by atoms with Crippen LogP contribution in [0.15, 0.2) is 72.3 Å². The second-order valence-corrected chi connectivity index (χ2v) is 12.6. The van der Waals surface area contributed by atoms with E-state index in [-0.39, 0.29) is 11.6 Å². The van der Waals surface area contributed by atoms with Crippen molar-refractivity contribution in [3.05, 3.63) is 89.0 Å². The molecule has 2 aliphatic rings. The fourth-order valence-corrected chi connectivity index (χ4v) is 7.55. The number of hydrogen-bond acceptors (Lipinski definition) is 8. The fourth-order valence-electron chi connectivity index (χ4n) is 6.22. The van der Waals surface area contributed by atoms with E-state index in [1.165, 1.54) is 36.9 Å². The molecule has 1 aliphatic heterocycles. The Bertz CT molecular complexity index is 1780. The summed E-state index contributed by atoms with van der Waals surface area (Å²) in [7, 11) is 0. The van der Waals surface area contributed by atoms with Crippen LogP contribution in [0.1, 0.15) is 67.4 Å². The summed E-state index contributed by atoms with van der Waals surface area (Å²) in [6.45, 7) is 2.01. The van der Waals surface area contributed by atoms with Crippen molar-refractivity contribution in [2.75, 3.05) is 11.1 Å². The molecule has 0 radical (unpaired) electrons. The van der Waals surface area contributed by atoms with Gasteiger partial charge in [-0.25, -0.2) is 15.0 Å². The van der Waals surface area contributed by atoms with Gasteiger partial charge in [0.15, 0.2) is 0 Å². The van der Waals surface area contributed by atoms with E-state index in [2.05, 4.69) is 61.3 Å². The first-order valence-electron chi connectivity index (χ1n) is 14.8. The molecule has 1 aromatic carbocycles. The molecule has 0 spiro atoms. The molecule has 212 valence electrons. The lowest BCUT2D eigenvalue weighted by Gasteiger charge is -2.21. The van der Waals surface area contributed by atoms with Crippen molar-refractivity contribution in [1.82, 2.24) is 29.5 Å². The molecule has 1 atom stereocenters. The van der Waals surface area contributed by atoms with E-state index in [1.54, 1.807) is 18.6 Å². The van der Waals surface area contributed by atoms with Crippen LogP contribution in [0.3, 0.4) is 0 Å². The third-order valence-corrected chi connectivity index (χ3v) is 9.87. The molecule has 0 amide bonds. The van der Waals surface area contributed by atoms with E-state index in [0.717, 1.165) is 59.1 Å². The van der Waals surface area contributed by atoms with Gasteiger partial charge < -0.3 is 5.32 Å². The number of nitrogens with one attached hydrogen (secondary N) is 1. The largest absolute Gasteiger partial charge is 0.324 e. The smallest absolute Gasteiger partial charge is 0.260 e. The van der Waals surface area contributed by atoms with Crippen LogP contribution in [0, 0.1) is 6.92 Å². The lowest BCUT2D eigenvalue weighted by Crippen LogP contribution is -2.26. The monoisotopic (exact) mass is 575 g/mol. The Morgan fingerprint density at radius 1 is 0.881 bits per heavy atom. The molecule has 7 rings (SSSR count). The lowest BCUT2D eigenvalue weighted by atomic mass is 10.0. The van der Waals surface area contributed by atoms with Crippen molar-refractivity contribution in [2.24, 2.45) is 0 Å². The lowest BCUT2D eigenvalue weighted by molar-refractivity contribution is 0.516. The summed E-state index contributed by atoms with van der Waals surface area (Å²) in [6, 6.07) is 12.6. The molecule has 1 aliphatic carbocycles. The second-order valence-electron chi connectivity index (χ2n) is 11.3. The Balaban J connectivity index is 1.24. The minimum Gasteiger partial charge on any atom is -0.324 e. The van der Waals surface area contributed by atoms with Crippen LogP contribution in [0.5, 0.6) is 0 Å². The zero-order valence-corrected chi connectivity index (χ0v) is 24.5. The first-order valence-corrected chi connectivity index (χ1v) is 15.8. The number of fused-ring (bicyclic) bond motifs is 1. The molecule has 1 N–H and O–H groups in total. The topological polar surface area (TPSA) is 98.5 Å². The molecular weight excluding hydrogens is 542 g/mol. The molecule has 42 heavy (non-hydrogen) atoms. The van der Waals surface area contributed by atoms with Crippen LogP contribution >= 0.6 is 11.8 Å². The highest BCUT2D eigenvalue weighted by atomic mass is 32.2. The van der Waals surface area contributed by atoms with Crippen molar-refractivity contribution in [3.8, 4) is 22.4 Å². The molecule has 5 heterocycles. The minimum absolute atomic E-state index is 0.0333. The number of benzene rings is 1. The van der Waals surface area contributed by atoms with Crippen LogP contribution in [0.4, 0.5) is 11.6 Å². The van der Waals surface area contributed by atoms with Crippen LogP contribution in [0.2, 0.25) is 0 Å². The molecule has 8 nitrogen and oxygen atoms in total. The Hall–Kier alpha value is -4.11. The summed E-state index contributed by atoms with van der Waals surface area (Å²) < 4.78 is 1.91. The van der Waals surface area contributed by atoms with Gasteiger partial charge in [-0.3, -0.25) is 14.3 Å². The summed E-state index contributed by atoms with van der Waals surface area (Å²) in [5.41, 5.74) is 6.97.